The molecule has 0 aromatic carbocycles. The topological polar surface area (TPSA) is 79.2 Å². The number of rotatable bonds is 3. The summed E-state index contributed by atoms with van der Waals surface area (Å²) in [5, 5.41) is 0. The van der Waals surface area contributed by atoms with E-state index >= 15 is 0 Å². The highest BCUT2D eigenvalue weighted by Crippen LogP contribution is 2.25. The van der Waals surface area contributed by atoms with Gasteiger partial charge in [-0.05, 0) is 12.0 Å². The highest BCUT2D eigenvalue weighted by Gasteiger charge is 2.28. The molecule has 24 heavy (non-hydrogen) atoms. The van der Waals surface area contributed by atoms with Crippen molar-refractivity contribution in [2.24, 2.45) is 0 Å². The van der Waals surface area contributed by atoms with Crippen LogP contribution in [0, 0.1) is 0 Å². The fourth-order valence-corrected chi connectivity index (χ4v) is 2.94. The molecule has 0 spiro atoms. The van der Waals surface area contributed by atoms with Crippen LogP contribution in [-0.4, -0.2) is 27.3 Å². The molecule has 2 aromatic rings. The first-order valence-electron chi connectivity index (χ1n) is 8.37. The van der Waals surface area contributed by atoms with Crippen molar-refractivity contribution in [1.29, 1.82) is 0 Å². The quantitative estimate of drug-likeness (QED) is 0.939. The van der Waals surface area contributed by atoms with Crippen LogP contribution in [0.3, 0.4) is 0 Å². The molecular formula is C18H23N3O3. The molecular weight excluding hydrogens is 306 g/mol. The van der Waals surface area contributed by atoms with Crippen molar-refractivity contribution in [3.05, 3.63) is 51.1 Å². The molecule has 3 rings (SSSR count). The van der Waals surface area contributed by atoms with Crippen LogP contribution in [0.5, 0.6) is 0 Å². The maximum absolute atomic E-state index is 12.9. The van der Waals surface area contributed by atoms with E-state index in [1.54, 1.807) is 11.0 Å². The largest absolute Gasteiger partial charge is 0.445 e. The van der Waals surface area contributed by atoms with Gasteiger partial charge in [0.2, 0.25) is 5.56 Å². The number of aromatic nitrogens is 2. The van der Waals surface area contributed by atoms with Crippen molar-refractivity contribution >= 4 is 5.91 Å². The van der Waals surface area contributed by atoms with Gasteiger partial charge in [0.05, 0.1) is 12.1 Å². The molecule has 1 N–H and O–H groups in total. The molecule has 128 valence electrons. The average molecular weight is 329 g/mol. The fourth-order valence-electron chi connectivity index (χ4n) is 2.94. The van der Waals surface area contributed by atoms with E-state index in [2.05, 4.69) is 9.97 Å². The van der Waals surface area contributed by atoms with Gasteiger partial charge in [-0.2, -0.15) is 0 Å². The number of fused-ring (bicyclic) bond motifs is 1. The monoisotopic (exact) mass is 329 g/mol. The van der Waals surface area contributed by atoms with E-state index in [0.29, 0.717) is 30.8 Å². The SMILES string of the molecule is CC(C)c1nc2c(o1)CCN(C(=O)c1ccc(=O)[nH]c1C(C)C)C2. The van der Waals surface area contributed by atoms with Crippen LogP contribution in [-0.2, 0) is 13.0 Å². The lowest BCUT2D eigenvalue weighted by atomic mass is 10.0. The first kappa shape index (κ1) is 16.5. The summed E-state index contributed by atoms with van der Waals surface area (Å²) in [6.45, 7) is 9.03. The van der Waals surface area contributed by atoms with Crippen molar-refractivity contribution in [2.45, 2.75) is 52.5 Å². The molecule has 0 atom stereocenters. The molecule has 0 radical (unpaired) electrons. The molecule has 6 nitrogen and oxygen atoms in total. The number of nitrogens with one attached hydrogen (secondary N) is 1. The summed E-state index contributed by atoms with van der Waals surface area (Å²) in [6.07, 6.45) is 0.668. The second-order valence-corrected chi connectivity index (χ2v) is 6.86. The summed E-state index contributed by atoms with van der Waals surface area (Å²) in [7, 11) is 0. The second kappa shape index (κ2) is 6.26. The lowest BCUT2D eigenvalue weighted by Gasteiger charge is -2.26. The van der Waals surface area contributed by atoms with Crippen molar-refractivity contribution in [1.82, 2.24) is 14.9 Å². The predicted octanol–water partition coefficient (Wildman–Crippen LogP) is 2.81. The van der Waals surface area contributed by atoms with Gasteiger partial charge >= 0.3 is 0 Å². The summed E-state index contributed by atoms with van der Waals surface area (Å²) in [5.74, 6) is 1.83. The first-order valence-corrected chi connectivity index (χ1v) is 8.37. The number of aromatic amines is 1. The Morgan fingerprint density at radius 1 is 1.25 bits per heavy atom. The van der Waals surface area contributed by atoms with Gasteiger partial charge in [-0.15, -0.1) is 0 Å². The van der Waals surface area contributed by atoms with Crippen LogP contribution in [0.4, 0.5) is 0 Å². The molecule has 1 aliphatic heterocycles. The Hall–Kier alpha value is -2.37. The van der Waals surface area contributed by atoms with E-state index in [9.17, 15) is 9.59 Å². The summed E-state index contributed by atoms with van der Waals surface area (Å²) < 4.78 is 5.78. The predicted molar refractivity (Wildman–Crippen MR) is 90.2 cm³/mol. The number of amides is 1. The third kappa shape index (κ3) is 3.00. The van der Waals surface area contributed by atoms with Gasteiger partial charge in [-0.3, -0.25) is 9.59 Å². The van der Waals surface area contributed by atoms with Crippen LogP contribution >= 0.6 is 0 Å². The molecule has 0 aliphatic carbocycles. The zero-order chi connectivity index (χ0) is 17.4. The number of carbonyl (C=O) groups is 1. The fraction of sp³-hybridized carbons (Fsp3) is 0.500. The van der Waals surface area contributed by atoms with Crippen molar-refractivity contribution < 1.29 is 9.21 Å². The Morgan fingerprint density at radius 3 is 2.67 bits per heavy atom. The Kier molecular flexibility index (Phi) is 4.30. The smallest absolute Gasteiger partial charge is 0.256 e. The Labute approximate surface area is 140 Å². The number of hydrogen-bond donors (Lipinski definition) is 1. The van der Waals surface area contributed by atoms with E-state index in [4.69, 9.17) is 4.42 Å². The van der Waals surface area contributed by atoms with Gasteiger partial charge < -0.3 is 14.3 Å². The number of pyridine rings is 1. The second-order valence-electron chi connectivity index (χ2n) is 6.86. The number of nitrogens with zero attached hydrogens (tertiary/aromatic N) is 2. The molecule has 1 amide bonds. The normalized spacial score (nSPS) is 14.3. The molecule has 6 heteroatoms. The van der Waals surface area contributed by atoms with Crippen molar-refractivity contribution in [3.63, 3.8) is 0 Å². The minimum atomic E-state index is -0.186. The van der Waals surface area contributed by atoms with Crippen LogP contribution in [0.25, 0.3) is 0 Å². The highest BCUT2D eigenvalue weighted by molar-refractivity contribution is 5.95. The molecule has 0 saturated carbocycles. The van der Waals surface area contributed by atoms with Crippen LogP contribution in [0.15, 0.2) is 21.3 Å². The third-order valence-electron chi connectivity index (χ3n) is 4.28. The molecule has 0 saturated heterocycles. The summed E-state index contributed by atoms with van der Waals surface area (Å²) in [6, 6.07) is 3.02. The third-order valence-corrected chi connectivity index (χ3v) is 4.28. The van der Waals surface area contributed by atoms with E-state index in [1.807, 2.05) is 27.7 Å². The molecule has 0 unspecified atom stereocenters. The van der Waals surface area contributed by atoms with E-state index in [1.165, 1.54) is 6.07 Å². The van der Waals surface area contributed by atoms with Crippen molar-refractivity contribution in [2.75, 3.05) is 6.54 Å². The molecule has 1 aliphatic rings. The summed E-state index contributed by atoms with van der Waals surface area (Å²) in [5.41, 5.74) is 1.89. The van der Waals surface area contributed by atoms with Gasteiger partial charge in [0.25, 0.3) is 5.91 Å². The van der Waals surface area contributed by atoms with Crippen molar-refractivity contribution in [3.8, 4) is 0 Å². The van der Waals surface area contributed by atoms with Gasteiger partial charge in [-0.25, -0.2) is 4.98 Å². The van der Waals surface area contributed by atoms with Gasteiger partial charge in [0, 0.05) is 30.6 Å². The Balaban J connectivity index is 1.88. The average Bonchev–Trinajstić information content (AvgIpc) is 2.97. The number of oxazole rings is 1. The van der Waals surface area contributed by atoms with Crippen LogP contribution in [0.2, 0.25) is 0 Å². The molecule has 3 heterocycles. The maximum atomic E-state index is 12.9. The minimum absolute atomic E-state index is 0.0674. The number of carbonyl (C=O) groups excluding carboxylic acids is 1. The minimum Gasteiger partial charge on any atom is -0.445 e. The molecule has 0 bridgehead atoms. The van der Waals surface area contributed by atoms with Gasteiger partial charge in [-0.1, -0.05) is 27.7 Å². The number of H-pyrrole nitrogens is 1. The molecule has 2 aromatic heterocycles. The van der Waals surface area contributed by atoms with Gasteiger partial charge in [0.1, 0.15) is 11.5 Å². The zero-order valence-electron chi connectivity index (χ0n) is 14.5. The standard InChI is InChI=1S/C18H23N3O3/c1-10(2)16-12(5-6-15(22)20-16)18(23)21-8-7-14-13(9-21)19-17(24-14)11(3)4/h5-6,10-11H,7-9H2,1-4H3,(H,20,22). The lowest BCUT2D eigenvalue weighted by Crippen LogP contribution is -2.37. The zero-order valence-corrected chi connectivity index (χ0v) is 14.5. The number of hydrogen-bond acceptors (Lipinski definition) is 4. The van der Waals surface area contributed by atoms with E-state index < -0.39 is 0 Å². The van der Waals surface area contributed by atoms with Crippen LogP contribution < -0.4 is 5.56 Å². The highest BCUT2D eigenvalue weighted by atomic mass is 16.4. The van der Waals surface area contributed by atoms with Crippen LogP contribution in [0.1, 0.15) is 72.9 Å². The summed E-state index contributed by atoms with van der Waals surface area (Å²) in [4.78, 5) is 33.6. The summed E-state index contributed by atoms with van der Waals surface area (Å²) >= 11 is 0. The lowest BCUT2D eigenvalue weighted by molar-refractivity contribution is 0.0725. The molecule has 0 fully saturated rings. The van der Waals surface area contributed by atoms with E-state index in [0.717, 1.165) is 17.3 Å². The maximum Gasteiger partial charge on any atom is 0.256 e. The Bertz CT molecular complexity index is 817. The van der Waals surface area contributed by atoms with E-state index in [-0.39, 0.29) is 23.3 Å². The van der Waals surface area contributed by atoms with Gasteiger partial charge in [0.15, 0.2) is 5.89 Å². The Morgan fingerprint density at radius 2 is 2.00 bits per heavy atom. The first-order chi connectivity index (χ1) is 11.4.